The predicted molar refractivity (Wildman–Crippen MR) is 138 cm³/mol. The summed E-state index contributed by atoms with van der Waals surface area (Å²) in [5.74, 6) is 1.66. The number of imidazole rings is 1. The molecule has 5 nitrogen and oxygen atoms in total. The summed E-state index contributed by atoms with van der Waals surface area (Å²) in [7, 11) is 0. The topological polar surface area (TPSA) is 56.1 Å². The van der Waals surface area contributed by atoms with Crippen molar-refractivity contribution >= 4 is 34.6 Å². The standard InChI is InChI=1S/C28H28ClN3O2/c1-21-20-23(13-14-24(21)29)34-19-7-18-32-26-11-6-5-10-25(26)31-27(32)16-17-30-28(33)15-12-22-8-3-2-4-9-22/h2-6,8-15,20H,7,16-19H2,1H3,(H,30,33)/b15-12+. The molecule has 0 radical (unpaired) electrons. The maximum atomic E-state index is 12.2. The number of nitrogens with one attached hydrogen (secondary N) is 1. The van der Waals surface area contributed by atoms with E-state index < -0.39 is 0 Å². The predicted octanol–water partition coefficient (Wildman–Crippen LogP) is 5.84. The first-order chi connectivity index (χ1) is 16.6. The van der Waals surface area contributed by atoms with Crippen LogP contribution in [-0.4, -0.2) is 28.6 Å². The Hall–Kier alpha value is -3.57. The Kier molecular flexibility index (Phi) is 7.99. The summed E-state index contributed by atoms with van der Waals surface area (Å²) < 4.78 is 8.13. The second-order valence-electron chi connectivity index (χ2n) is 8.07. The highest BCUT2D eigenvalue weighted by Crippen LogP contribution is 2.21. The number of nitrogens with zero attached hydrogens (tertiary/aromatic N) is 2. The Bertz CT molecular complexity index is 1280. The molecule has 0 bridgehead atoms. The molecule has 1 heterocycles. The molecule has 0 aliphatic carbocycles. The van der Waals surface area contributed by atoms with E-state index in [1.807, 2.05) is 79.7 Å². The molecule has 4 rings (SSSR count). The second kappa shape index (κ2) is 11.5. The number of aryl methyl sites for hydroxylation is 2. The van der Waals surface area contributed by atoms with Gasteiger partial charge in [0.15, 0.2) is 0 Å². The van der Waals surface area contributed by atoms with Crippen molar-refractivity contribution in [3.05, 3.63) is 101 Å². The van der Waals surface area contributed by atoms with Crippen LogP contribution in [0.1, 0.15) is 23.4 Å². The van der Waals surface area contributed by atoms with Crippen molar-refractivity contribution in [1.82, 2.24) is 14.9 Å². The minimum atomic E-state index is -0.113. The molecule has 3 aromatic carbocycles. The summed E-state index contributed by atoms with van der Waals surface area (Å²) in [6.45, 7) is 3.86. The number of benzene rings is 3. The maximum absolute atomic E-state index is 12.2. The zero-order chi connectivity index (χ0) is 23.8. The Morgan fingerprint density at radius 2 is 1.88 bits per heavy atom. The molecule has 0 spiro atoms. The number of amides is 1. The third-order valence-corrected chi connectivity index (χ3v) is 5.96. The van der Waals surface area contributed by atoms with E-state index in [4.69, 9.17) is 21.3 Å². The Morgan fingerprint density at radius 3 is 2.71 bits per heavy atom. The van der Waals surface area contributed by atoms with Gasteiger partial charge >= 0.3 is 0 Å². The van der Waals surface area contributed by atoms with Gasteiger partial charge in [-0.3, -0.25) is 4.79 Å². The fourth-order valence-electron chi connectivity index (χ4n) is 3.78. The maximum Gasteiger partial charge on any atom is 0.244 e. The summed E-state index contributed by atoms with van der Waals surface area (Å²) in [6.07, 6.45) is 4.86. The number of hydrogen-bond acceptors (Lipinski definition) is 3. The molecule has 1 amide bonds. The van der Waals surface area contributed by atoms with Gasteiger partial charge < -0.3 is 14.6 Å². The lowest BCUT2D eigenvalue weighted by Crippen LogP contribution is -2.24. The van der Waals surface area contributed by atoms with Crippen molar-refractivity contribution in [3.63, 3.8) is 0 Å². The van der Waals surface area contributed by atoms with E-state index in [2.05, 4.69) is 16.0 Å². The van der Waals surface area contributed by atoms with Crippen LogP contribution in [0.3, 0.4) is 0 Å². The van der Waals surface area contributed by atoms with Crippen molar-refractivity contribution in [2.45, 2.75) is 26.3 Å². The highest BCUT2D eigenvalue weighted by atomic mass is 35.5. The van der Waals surface area contributed by atoms with Gasteiger partial charge in [-0.05, 0) is 60.9 Å². The van der Waals surface area contributed by atoms with Gasteiger partial charge in [-0.1, -0.05) is 54.1 Å². The van der Waals surface area contributed by atoms with Crippen molar-refractivity contribution in [1.29, 1.82) is 0 Å². The van der Waals surface area contributed by atoms with Gasteiger partial charge in [0.05, 0.1) is 17.6 Å². The highest BCUT2D eigenvalue weighted by molar-refractivity contribution is 6.31. The number of carbonyl (C=O) groups excluding carboxylic acids is 1. The van der Waals surface area contributed by atoms with Crippen LogP contribution < -0.4 is 10.1 Å². The monoisotopic (exact) mass is 473 g/mol. The zero-order valence-electron chi connectivity index (χ0n) is 19.2. The van der Waals surface area contributed by atoms with Crippen molar-refractivity contribution in [2.24, 2.45) is 0 Å². The molecule has 174 valence electrons. The van der Waals surface area contributed by atoms with Crippen molar-refractivity contribution < 1.29 is 9.53 Å². The first-order valence-electron chi connectivity index (χ1n) is 11.4. The van der Waals surface area contributed by atoms with Crippen molar-refractivity contribution in [3.8, 4) is 5.75 Å². The van der Waals surface area contributed by atoms with Crippen molar-refractivity contribution in [2.75, 3.05) is 13.2 Å². The lowest BCUT2D eigenvalue weighted by atomic mass is 10.2. The molecule has 1 aromatic heterocycles. The van der Waals surface area contributed by atoms with Crippen LogP contribution in [0.15, 0.2) is 78.9 Å². The molecule has 0 saturated carbocycles. The van der Waals surface area contributed by atoms with Crippen LogP contribution in [0.4, 0.5) is 0 Å². The number of carbonyl (C=O) groups is 1. The van der Waals surface area contributed by atoms with Crippen LogP contribution in [0.2, 0.25) is 5.02 Å². The fraction of sp³-hybridized carbons (Fsp3) is 0.214. The summed E-state index contributed by atoms with van der Waals surface area (Å²) in [6, 6.07) is 23.6. The number of halogens is 1. The van der Waals surface area contributed by atoms with E-state index in [1.54, 1.807) is 6.08 Å². The first kappa shape index (κ1) is 23.6. The van der Waals surface area contributed by atoms with Gasteiger partial charge in [-0.25, -0.2) is 4.98 Å². The quantitative estimate of drug-likeness (QED) is 0.232. The van der Waals surface area contributed by atoms with Crippen LogP contribution in [-0.2, 0) is 17.8 Å². The minimum absolute atomic E-state index is 0.113. The molecular formula is C28H28ClN3O2. The Morgan fingerprint density at radius 1 is 1.09 bits per heavy atom. The van der Waals surface area contributed by atoms with Crippen LogP contribution in [0, 0.1) is 6.92 Å². The van der Waals surface area contributed by atoms with E-state index in [-0.39, 0.29) is 5.91 Å². The van der Waals surface area contributed by atoms with E-state index in [1.165, 1.54) is 0 Å². The van der Waals surface area contributed by atoms with E-state index in [0.717, 1.165) is 51.7 Å². The molecule has 0 saturated heterocycles. The van der Waals surface area contributed by atoms with Gasteiger partial charge in [0.2, 0.25) is 5.91 Å². The normalized spacial score (nSPS) is 11.2. The smallest absolute Gasteiger partial charge is 0.244 e. The molecule has 34 heavy (non-hydrogen) atoms. The van der Waals surface area contributed by atoms with E-state index >= 15 is 0 Å². The highest BCUT2D eigenvalue weighted by Gasteiger charge is 2.10. The summed E-state index contributed by atoms with van der Waals surface area (Å²) in [5.41, 5.74) is 4.05. The van der Waals surface area contributed by atoms with Gasteiger partial charge in [-0.2, -0.15) is 0 Å². The minimum Gasteiger partial charge on any atom is -0.494 e. The number of aromatic nitrogens is 2. The second-order valence-corrected chi connectivity index (χ2v) is 8.47. The average Bonchev–Trinajstić information content (AvgIpc) is 3.20. The molecule has 6 heteroatoms. The van der Waals surface area contributed by atoms with E-state index in [9.17, 15) is 4.79 Å². The lowest BCUT2D eigenvalue weighted by Gasteiger charge is -2.11. The van der Waals surface area contributed by atoms with Gasteiger partial charge in [-0.15, -0.1) is 0 Å². The molecule has 4 aromatic rings. The summed E-state index contributed by atoms with van der Waals surface area (Å²) >= 11 is 6.09. The number of rotatable bonds is 10. The van der Waals surface area contributed by atoms with Crippen LogP contribution in [0.25, 0.3) is 17.1 Å². The molecule has 0 atom stereocenters. The van der Waals surface area contributed by atoms with Crippen LogP contribution >= 0.6 is 11.6 Å². The average molecular weight is 474 g/mol. The summed E-state index contributed by atoms with van der Waals surface area (Å²) in [5, 5.41) is 3.70. The summed E-state index contributed by atoms with van der Waals surface area (Å²) in [4.78, 5) is 17.0. The fourth-order valence-corrected chi connectivity index (χ4v) is 3.90. The largest absolute Gasteiger partial charge is 0.494 e. The third kappa shape index (κ3) is 6.27. The number of fused-ring (bicyclic) bond motifs is 1. The molecule has 0 fully saturated rings. The molecule has 1 N–H and O–H groups in total. The third-order valence-electron chi connectivity index (χ3n) is 5.53. The molecule has 0 unspecified atom stereocenters. The molecule has 0 aliphatic rings. The zero-order valence-corrected chi connectivity index (χ0v) is 20.0. The molecule has 0 aliphatic heterocycles. The van der Waals surface area contributed by atoms with Gasteiger partial charge in [0.1, 0.15) is 11.6 Å². The molecular weight excluding hydrogens is 446 g/mol. The number of para-hydroxylation sites is 2. The SMILES string of the molecule is Cc1cc(OCCCn2c(CCNC(=O)/C=C/c3ccccc3)nc3ccccc32)ccc1Cl. The Balaban J connectivity index is 1.33. The number of ether oxygens (including phenoxy) is 1. The first-order valence-corrected chi connectivity index (χ1v) is 11.8. The Labute approximate surface area is 205 Å². The van der Waals surface area contributed by atoms with E-state index in [0.29, 0.717) is 19.6 Å². The lowest BCUT2D eigenvalue weighted by molar-refractivity contribution is -0.116. The number of hydrogen-bond donors (Lipinski definition) is 1. The van der Waals surface area contributed by atoms with Crippen LogP contribution in [0.5, 0.6) is 5.75 Å². The van der Waals surface area contributed by atoms with Gasteiger partial charge in [0.25, 0.3) is 0 Å². The van der Waals surface area contributed by atoms with Gasteiger partial charge in [0, 0.05) is 30.6 Å².